The number of alkyl halides is 3. The van der Waals surface area contributed by atoms with Crippen LogP contribution in [0.2, 0.25) is 5.15 Å². The quantitative estimate of drug-likeness (QED) is 0.443. The first-order chi connectivity index (χ1) is 13.4. The Balaban J connectivity index is 1.99. The van der Waals surface area contributed by atoms with E-state index in [0.717, 1.165) is 0 Å². The third-order valence-corrected chi connectivity index (χ3v) is 5.05. The molecule has 1 aromatic heterocycles. The summed E-state index contributed by atoms with van der Waals surface area (Å²) in [5.41, 5.74) is 7.20. The number of carbonyl (C=O) groups excluding carboxylic acids is 1. The number of likely N-dealkylation sites (N-methyl/N-ethyl adjacent to an activating group) is 1. The van der Waals surface area contributed by atoms with Crippen molar-refractivity contribution in [2.45, 2.75) is 16.9 Å². The summed E-state index contributed by atoms with van der Waals surface area (Å²) in [6.07, 6.45) is 0. The lowest BCUT2D eigenvalue weighted by molar-refractivity contribution is -0.902. The number of amides is 1. The fraction of sp³-hybridized carbons (Fsp3) is 0.353. The maximum Gasteiger partial charge on any atom is 0.446 e. The van der Waals surface area contributed by atoms with Crippen LogP contribution < -0.4 is 16.8 Å². The molecule has 0 spiro atoms. The van der Waals surface area contributed by atoms with Gasteiger partial charge in [0.25, 0.3) is 5.91 Å². The van der Waals surface area contributed by atoms with Gasteiger partial charge in [-0.1, -0.05) is 29.8 Å². The molecule has 1 amide bonds. The Morgan fingerprint density at radius 2 is 1.86 bits per heavy atom. The molecule has 0 aliphatic heterocycles. The number of hydrogen-bond acceptors (Lipinski definition) is 6. The van der Waals surface area contributed by atoms with Crippen LogP contribution in [0.4, 0.5) is 24.8 Å². The van der Waals surface area contributed by atoms with Crippen LogP contribution in [0, 0.1) is 0 Å². The maximum absolute atomic E-state index is 12.8. The topological polar surface area (TPSA) is 107 Å². The number of nitrogens with two attached hydrogens (primary N) is 2. The Bertz CT molecular complexity index is 894. The number of thioether (sulfide) groups is 1. The van der Waals surface area contributed by atoms with Crippen molar-refractivity contribution in [2.75, 3.05) is 38.7 Å². The van der Waals surface area contributed by atoms with Crippen LogP contribution in [-0.2, 0) is 6.54 Å². The number of anilines is 2. The number of nitrogen functional groups attached to an aromatic ring is 2. The number of halogens is 4. The van der Waals surface area contributed by atoms with E-state index in [1.165, 1.54) is 6.07 Å². The van der Waals surface area contributed by atoms with Gasteiger partial charge in [-0.2, -0.15) is 13.2 Å². The lowest BCUT2D eigenvalue weighted by Gasteiger charge is -2.30. The van der Waals surface area contributed by atoms with Gasteiger partial charge < -0.3 is 21.3 Å². The van der Waals surface area contributed by atoms with Crippen molar-refractivity contribution in [3.05, 3.63) is 40.7 Å². The summed E-state index contributed by atoms with van der Waals surface area (Å²) in [6, 6.07) is 6.38. The first-order valence-corrected chi connectivity index (χ1v) is 9.60. The zero-order valence-electron chi connectivity index (χ0n) is 15.8. The van der Waals surface area contributed by atoms with Crippen LogP contribution in [0.25, 0.3) is 0 Å². The maximum atomic E-state index is 12.8. The summed E-state index contributed by atoms with van der Waals surface area (Å²) < 4.78 is 38.6. The van der Waals surface area contributed by atoms with E-state index in [4.69, 9.17) is 23.1 Å². The Hall–Kier alpha value is -2.24. The highest BCUT2D eigenvalue weighted by atomic mass is 35.5. The molecule has 29 heavy (non-hydrogen) atoms. The summed E-state index contributed by atoms with van der Waals surface area (Å²) in [5.74, 6) is -0.782. The largest absolute Gasteiger partial charge is 0.446 e. The minimum atomic E-state index is -4.36. The number of aromatic nitrogens is 2. The van der Waals surface area contributed by atoms with Gasteiger partial charge >= 0.3 is 5.51 Å². The van der Waals surface area contributed by atoms with E-state index >= 15 is 0 Å². The number of nitrogens with one attached hydrogen (secondary N) is 1. The fourth-order valence-electron chi connectivity index (χ4n) is 2.56. The molecule has 0 aliphatic rings. The smallest absolute Gasteiger partial charge is 0.382 e. The van der Waals surface area contributed by atoms with Gasteiger partial charge in [0.2, 0.25) is 0 Å². The van der Waals surface area contributed by atoms with Crippen molar-refractivity contribution in [1.29, 1.82) is 0 Å². The Morgan fingerprint density at radius 3 is 2.52 bits per heavy atom. The minimum absolute atomic E-state index is 0.0751. The molecule has 12 heteroatoms. The van der Waals surface area contributed by atoms with Crippen molar-refractivity contribution < 1.29 is 22.4 Å². The lowest BCUT2D eigenvalue weighted by Crippen LogP contribution is -2.45. The minimum Gasteiger partial charge on any atom is -0.382 e. The molecule has 0 saturated heterocycles. The van der Waals surface area contributed by atoms with Crippen LogP contribution in [0.5, 0.6) is 0 Å². The molecule has 0 bridgehead atoms. The average Bonchev–Trinajstić information content (AvgIpc) is 2.58. The van der Waals surface area contributed by atoms with Gasteiger partial charge in [-0.05, 0) is 17.8 Å². The molecule has 158 valence electrons. The SMILES string of the molecule is C[N+](C)(CCNC(=O)c1nc(Cl)c(N)nc1N)Cc1ccccc1SC(F)(F)F. The number of nitrogens with zero attached hydrogens (tertiary/aromatic N) is 3. The van der Waals surface area contributed by atoms with Gasteiger partial charge in [-0.15, -0.1) is 0 Å². The Morgan fingerprint density at radius 1 is 1.21 bits per heavy atom. The molecule has 2 aromatic rings. The van der Waals surface area contributed by atoms with E-state index in [1.54, 1.807) is 18.2 Å². The van der Waals surface area contributed by atoms with Gasteiger partial charge in [0.05, 0.1) is 27.2 Å². The number of carbonyl (C=O) groups is 1. The summed E-state index contributed by atoms with van der Waals surface area (Å²) in [7, 11) is 3.71. The summed E-state index contributed by atoms with van der Waals surface area (Å²) in [6.45, 7) is 1.04. The summed E-state index contributed by atoms with van der Waals surface area (Å²) >= 11 is 5.63. The number of benzene rings is 1. The molecule has 1 heterocycles. The monoisotopic (exact) mass is 449 g/mol. The molecule has 0 unspecified atom stereocenters. The zero-order chi connectivity index (χ0) is 21.8. The second-order valence-corrected chi connectivity index (χ2v) is 8.33. The van der Waals surface area contributed by atoms with Gasteiger partial charge in [-0.25, -0.2) is 9.97 Å². The predicted octanol–water partition coefficient (Wildman–Crippen LogP) is 2.91. The van der Waals surface area contributed by atoms with Crippen LogP contribution >= 0.6 is 23.4 Å². The molecule has 0 aliphatic carbocycles. The van der Waals surface area contributed by atoms with E-state index in [2.05, 4.69) is 15.3 Å². The van der Waals surface area contributed by atoms with Crippen molar-refractivity contribution in [3.8, 4) is 0 Å². The highest BCUT2D eigenvalue weighted by Crippen LogP contribution is 2.39. The molecule has 0 fully saturated rings. The molecular weight excluding hydrogens is 429 g/mol. The van der Waals surface area contributed by atoms with Crippen LogP contribution in [0.1, 0.15) is 16.1 Å². The third-order valence-electron chi connectivity index (χ3n) is 3.92. The molecular formula is C17H21ClF3N6OS+. The van der Waals surface area contributed by atoms with Crippen molar-refractivity contribution in [2.24, 2.45) is 0 Å². The highest BCUT2D eigenvalue weighted by Gasteiger charge is 2.31. The van der Waals surface area contributed by atoms with Crippen LogP contribution in [-0.4, -0.2) is 53.1 Å². The predicted molar refractivity (Wildman–Crippen MR) is 107 cm³/mol. The molecule has 0 radical (unpaired) electrons. The number of quaternary nitrogens is 1. The van der Waals surface area contributed by atoms with Crippen molar-refractivity contribution >= 4 is 40.9 Å². The van der Waals surface area contributed by atoms with E-state index < -0.39 is 11.4 Å². The number of hydrogen-bond donors (Lipinski definition) is 3. The van der Waals surface area contributed by atoms with Gasteiger partial charge in [-0.3, -0.25) is 4.79 Å². The van der Waals surface area contributed by atoms with Crippen molar-refractivity contribution in [3.63, 3.8) is 0 Å². The molecule has 0 atom stereocenters. The first kappa shape index (κ1) is 23.0. The molecule has 2 rings (SSSR count). The molecule has 0 saturated carbocycles. The molecule has 7 nitrogen and oxygen atoms in total. The van der Waals surface area contributed by atoms with Gasteiger partial charge in [0.15, 0.2) is 22.5 Å². The lowest BCUT2D eigenvalue weighted by atomic mass is 10.2. The van der Waals surface area contributed by atoms with E-state index in [1.807, 2.05) is 14.1 Å². The van der Waals surface area contributed by atoms with Gasteiger partial charge in [0, 0.05) is 10.5 Å². The first-order valence-electron chi connectivity index (χ1n) is 8.40. The fourth-order valence-corrected chi connectivity index (χ4v) is 3.35. The molecule has 1 aromatic carbocycles. The highest BCUT2D eigenvalue weighted by molar-refractivity contribution is 8.00. The normalized spacial score (nSPS) is 12.1. The second-order valence-electron chi connectivity index (χ2n) is 6.86. The number of rotatable bonds is 7. The van der Waals surface area contributed by atoms with E-state index in [0.29, 0.717) is 23.1 Å². The van der Waals surface area contributed by atoms with E-state index in [-0.39, 0.29) is 45.7 Å². The van der Waals surface area contributed by atoms with Gasteiger partial charge in [0.1, 0.15) is 6.54 Å². The van der Waals surface area contributed by atoms with E-state index in [9.17, 15) is 18.0 Å². The van der Waals surface area contributed by atoms with Crippen molar-refractivity contribution in [1.82, 2.24) is 15.3 Å². The van der Waals surface area contributed by atoms with Crippen LogP contribution in [0.3, 0.4) is 0 Å². The zero-order valence-corrected chi connectivity index (χ0v) is 17.3. The Labute approximate surface area is 175 Å². The summed E-state index contributed by atoms with van der Waals surface area (Å²) in [4.78, 5) is 20.0. The average molecular weight is 450 g/mol. The Kier molecular flexibility index (Phi) is 7.20. The third kappa shape index (κ3) is 6.94. The standard InChI is InChI=1S/C17H20ClF3N6OS/c1-27(2,9-10-5-3-4-6-11(10)29-17(19,20)21)8-7-24-16(28)12-14(22)26-15(23)13(18)25-12/h3-6H,7-9H2,1-2H3,(H4-,22,23,24,26,28)/p+1. The van der Waals surface area contributed by atoms with Crippen LogP contribution in [0.15, 0.2) is 29.2 Å². The summed E-state index contributed by atoms with van der Waals surface area (Å²) in [5, 5.41) is 2.53. The second kappa shape index (κ2) is 9.06. The molecule has 5 N–H and O–H groups in total.